The highest BCUT2D eigenvalue weighted by atomic mass is 35.5. The van der Waals surface area contributed by atoms with E-state index in [9.17, 15) is 4.39 Å². The first-order valence-electron chi connectivity index (χ1n) is 7.50. The molecule has 1 aromatic carbocycles. The average Bonchev–Trinajstić information content (AvgIpc) is 2.64. The van der Waals surface area contributed by atoms with Crippen LogP contribution in [0.3, 0.4) is 0 Å². The zero-order valence-electron chi connectivity index (χ0n) is 12.9. The van der Waals surface area contributed by atoms with Crippen LogP contribution in [0.5, 0.6) is 11.5 Å². The lowest BCUT2D eigenvalue weighted by molar-refractivity contribution is 0.487. The Bertz CT molecular complexity index is 1060. The molecule has 0 amide bonds. The van der Waals surface area contributed by atoms with Gasteiger partial charge in [0.05, 0.1) is 11.1 Å². The van der Waals surface area contributed by atoms with Gasteiger partial charge in [-0.3, -0.25) is 4.98 Å². The average molecular weight is 352 g/mol. The highest BCUT2D eigenvalue weighted by Crippen LogP contribution is 2.33. The molecule has 0 aliphatic heterocycles. The van der Waals surface area contributed by atoms with Gasteiger partial charge in [0.2, 0.25) is 0 Å². The SMILES string of the molecule is Fc1ccc(Cl)cc1-c1cc(Oc2ccncc2)c2cccnc2n1. The van der Waals surface area contributed by atoms with Crippen molar-refractivity contribution in [3.63, 3.8) is 0 Å². The second-order valence-corrected chi connectivity index (χ2v) is 5.73. The molecule has 0 aliphatic rings. The summed E-state index contributed by atoms with van der Waals surface area (Å²) in [4.78, 5) is 12.7. The maximum Gasteiger partial charge on any atom is 0.163 e. The van der Waals surface area contributed by atoms with Gasteiger partial charge in [0, 0.05) is 35.2 Å². The third-order valence-electron chi connectivity index (χ3n) is 3.63. The molecule has 0 spiro atoms. The lowest BCUT2D eigenvalue weighted by Gasteiger charge is -2.11. The fourth-order valence-electron chi connectivity index (χ4n) is 2.48. The molecule has 0 aliphatic carbocycles. The van der Waals surface area contributed by atoms with Crippen molar-refractivity contribution in [2.24, 2.45) is 0 Å². The maximum absolute atomic E-state index is 14.2. The molecule has 25 heavy (non-hydrogen) atoms. The third-order valence-corrected chi connectivity index (χ3v) is 3.86. The molecule has 4 aromatic rings. The van der Waals surface area contributed by atoms with Crippen LogP contribution in [0.2, 0.25) is 5.02 Å². The van der Waals surface area contributed by atoms with E-state index >= 15 is 0 Å². The minimum atomic E-state index is -0.415. The van der Waals surface area contributed by atoms with E-state index < -0.39 is 5.82 Å². The molecule has 0 saturated heterocycles. The van der Waals surface area contributed by atoms with E-state index in [0.29, 0.717) is 33.4 Å². The van der Waals surface area contributed by atoms with Crippen molar-refractivity contribution in [3.05, 3.63) is 78.0 Å². The standard InChI is InChI=1S/C19H11ClFN3O/c20-12-3-4-16(21)15(10-12)17-11-18(25-13-5-8-22-9-6-13)14-2-1-7-23-19(14)24-17/h1-11H. The normalized spacial score (nSPS) is 10.8. The van der Waals surface area contributed by atoms with Gasteiger partial charge in [-0.05, 0) is 42.5 Å². The van der Waals surface area contributed by atoms with Crippen LogP contribution >= 0.6 is 11.6 Å². The predicted molar refractivity (Wildman–Crippen MR) is 94.3 cm³/mol. The Hall–Kier alpha value is -3.05. The van der Waals surface area contributed by atoms with E-state index in [4.69, 9.17) is 16.3 Å². The van der Waals surface area contributed by atoms with Gasteiger partial charge in [0.1, 0.15) is 17.3 Å². The van der Waals surface area contributed by atoms with E-state index in [0.717, 1.165) is 5.39 Å². The van der Waals surface area contributed by atoms with Crippen molar-refractivity contribution in [2.45, 2.75) is 0 Å². The summed E-state index contributed by atoms with van der Waals surface area (Å²) in [5.41, 5.74) is 1.15. The molecule has 6 heteroatoms. The Balaban J connectivity index is 1.91. The van der Waals surface area contributed by atoms with Crippen molar-refractivity contribution in [1.29, 1.82) is 0 Å². The molecule has 0 bridgehead atoms. The van der Waals surface area contributed by atoms with E-state index in [1.807, 2.05) is 6.07 Å². The van der Waals surface area contributed by atoms with Crippen molar-refractivity contribution in [3.8, 4) is 22.8 Å². The van der Waals surface area contributed by atoms with E-state index in [2.05, 4.69) is 15.0 Å². The van der Waals surface area contributed by atoms with Gasteiger partial charge in [-0.15, -0.1) is 0 Å². The van der Waals surface area contributed by atoms with Crippen molar-refractivity contribution in [2.75, 3.05) is 0 Å². The number of ether oxygens (including phenoxy) is 1. The van der Waals surface area contributed by atoms with Crippen LogP contribution in [0, 0.1) is 5.82 Å². The summed E-state index contributed by atoms with van der Waals surface area (Å²) in [6, 6.07) is 13.1. The number of hydrogen-bond donors (Lipinski definition) is 0. The van der Waals surface area contributed by atoms with Gasteiger partial charge < -0.3 is 4.74 Å². The number of aromatic nitrogens is 3. The highest BCUT2D eigenvalue weighted by molar-refractivity contribution is 6.30. The van der Waals surface area contributed by atoms with Gasteiger partial charge in [0.15, 0.2) is 5.65 Å². The minimum absolute atomic E-state index is 0.291. The first kappa shape index (κ1) is 15.5. The molecule has 3 aromatic heterocycles. The topological polar surface area (TPSA) is 47.9 Å². The molecule has 0 N–H and O–H groups in total. The summed E-state index contributed by atoms with van der Waals surface area (Å²) in [6.45, 7) is 0. The molecule has 4 nitrogen and oxygen atoms in total. The quantitative estimate of drug-likeness (QED) is 0.504. The predicted octanol–water partition coefficient (Wildman–Crippen LogP) is 5.28. The molecule has 122 valence electrons. The Labute approximate surface area is 147 Å². The molecule has 4 rings (SSSR count). The van der Waals surface area contributed by atoms with Crippen LogP contribution in [-0.4, -0.2) is 15.0 Å². The molecule has 3 heterocycles. The number of nitrogens with zero attached hydrogens (tertiary/aromatic N) is 3. The highest BCUT2D eigenvalue weighted by Gasteiger charge is 2.13. The van der Waals surface area contributed by atoms with Gasteiger partial charge in [-0.25, -0.2) is 14.4 Å². The smallest absolute Gasteiger partial charge is 0.163 e. The zero-order chi connectivity index (χ0) is 17.2. The Kier molecular flexibility index (Phi) is 3.99. The molecular formula is C19H11ClFN3O. The lowest BCUT2D eigenvalue weighted by atomic mass is 10.1. The number of halogens is 2. The second kappa shape index (κ2) is 6.45. The van der Waals surface area contributed by atoms with Crippen LogP contribution in [-0.2, 0) is 0 Å². The first-order chi connectivity index (χ1) is 12.2. The number of hydrogen-bond acceptors (Lipinski definition) is 4. The number of pyridine rings is 3. The summed E-state index contributed by atoms with van der Waals surface area (Å²) < 4.78 is 20.2. The van der Waals surface area contributed by atoms with E-state index in [1.54, 1.807) is 42.9 Å². The second-order valence-electron chi connectivity index (χ2n) is 5.29. The van der Waals surface area contributed by atoms with Crippen molar-refractivity contribution < 1.29 is 9.13 Å². The third kappa shape index (κ3) is 3.14. The monoisotopic (exact) mass is 351 g/mol. The summed E-state index contributed by atoms with van der Waals surface area (Å²) in [5.74, 6) is 0.726. The van der Waals surface area contributed by atoms with Crippen LogP contribution in [0.4, 0.5) is 4.39 Å². The number of benzene rings is 1. The molecule has 0 atom stereocenters. The van der Waals surface area contributed by atoms with Gasteiger partial charge in [-0.1, -0.05) is 11.6 Å². The fourth-order valence-corrected chi connectivity index (χ4v) is 2.65. The van der Waals surface area contributed by atoms with Crippen molar-refractivity contribution in [1.82, 2.24) is 15.0 Å². The summed E-state index contributed by atoms with van der Waals surface area (Å²) in [7, 11) is 0. The summed E-state index contributed by atoms with van der Waals surface area (Å²) in [5, 5.41) is 1.15. The lowest BCUT2D eigenvalue weighted by Crippen LogP contribution is -1.94. The Morgan fingerprint density at radius 3 is 2.64 bits per heavy atom. The Morgan fingerprint density at radius 1 is 0.960 bits per heavy atom. The van der Waals surface area contributed by atoms with Crippen LogP contribution in [0.15, 0.2) is 67.1 Å². The zero-order valence-corrected chi connectivity index (χ0v) is 13.6. The number of rotatable bonds is 3. The number of fused-ring (bicyclic) bond motifs is 1. The first-order valence-corrected chi connectivity index (χ1v) is 7.87. The molecule has 0 radical (unpaired) electrons. The van der Waals surface area contributed by atoms with Crippen LogP contribution in [0.1, 0.15) is 0 Å². The van der Waals surface area contributed by atoms with Gasteiger partial charge in [-0.2, -0.15) is 0 Å². The van der Waals surface area contributed by atoms with E-state index in [1.165, 1.54) is 18.2 Å². The van der Waals surface area contributed by atoms with Crippen molar-refractivity contribution >= 4 is 22.6 Å². The van der Waals surface area contributed by atoms with Crippen LogP contribution in [0.25, 0.3) is 22.3 Å². The molecular weight excluding hydrogens is 341 g/mol. The maximum atomic E-state index is 14.2. The minimum Gasteiger partial charge on any atom is -0.456 e. The molecule has 0 saturated carbocycles. The van der Waals surface area contributed by atoms with Gasteiger partial charge >= 0.3 is 0 Å². The largest absolute Gasteiger partial charge is 0.456 e. The summed E-state index contributed by atoms with van der Waals surface area (Å²) in [6.07, 6.45) is 4.90. The van der Waals surface area contributed by atoms with E-state index in [-0.39, 0.29) is 0 Å². The molecule has 0 unspecified atom stereocenters. The molecule has 0 fully saturated rings. The van der Waals surface area contributed by atoms with Crippen LogP contribution < -0.4 is 4.74 Å². The summed E-state index contributed by atoms with van der Waals surface area (Å²) >= 11 is 6.01. The fraction of sp³-hybridized carbons (Fsp3) is 0. The Morgan fingerprint density at radius 2 is 1.80 bits per heavy atom. The van der Waals surface area contributed by atoms with Gasteiger partial charge in [0.25, 0.3) is 0 Å².